The fraction of sp³-hybridized carbons (Fsp3) is 0.556. The van der Waals surface area contributed by atoms with Crippen LogP contribution in [0.2, 0.25) is 0 Å². The van der Waals surface area contributed by atoms with E-state index in [2.05, 4.69) is 36.0 Å². The lowest BCUT2D eigenvalue weighted by Gasteiger charge is -2.39. The molecular weight excluding hydrogens is 178 g/mol. The fourth-order valence-electron chi connectivity index (χ4n) is 1.57. The Labute approximate surface area is 83.6 Å². The number of rotatable bonds is 0. The number of hydrogen-bond donors (Lipinski definition) is 2. The number of hydrogen-bond acceptors (Lipinski definition) is 3. The SMILES string of the molecule is CC(C)(C)N1C=CN2C(=N)NC=NC21. The second-order valence-electron chi connectivity index (χ2n) is 4.40. The number of aliphatic imine (C=N–C) groups is 1. The first-order valence-electron chi connectivity index (χ1n) is 4.62. The van der Waals surface area contributed by atoms with Crippen LogP contribution in [0, 0.1) is 5.41 Å². The maximum absolute atomic E-state index is 7.66. The standard InChI is InChI=1S/C9H15N5/c1-9(2,3)14-5-4-13-7(10)11-6-12-8(13)14/h4-6,8H,1-3H3,(H2,10,11,12). The van der Waals surface area contributed by atoms with E-state index in [0.717, 1.165) is 0 Å². The van der Waals surface area contributed by atoms with Crippen molar-refractivity contribution >= 4 is 12.3 Å². The van der Waals surface area contributed by atoms with Crippen molar-refractivity contribution in [3.8, 4) is 0 Å². The topological polar surface area (TPSA) is 54.7 Å². The Hall–Kier alpha value is -1.52. The van der Waals surface area contributed by atoms with Crippen LogP contribution in [0.3, 0.4) is 0 Å². The molecule has 5 nitrogen and oxygen atoms in total. The van der Waals surface area contributed by atoms with Crippen molar-refractivity contribution in [3.63, 3.8) is 0 Å². The van der Waals surface area contributed by atoms with Crippen LogP contribution in [0.4, 0.5) is 0 Å². The molecule has 2 N–H and O–H groups in total. The fourth-order valence-corrected chi connectivity index (χ4v) is 1.57. The molecule has 0 aliphatic carbocycles. The summed E-state index contributed by atoms with van der Waals surface area (Å²) in [5.74, 6) is 0.369. The van der Waals surface area contributed by atoms with Gasteiger partial charge in [-0.25, -0.2) is 4.99 Å². The van der Waals surface area contributed by atoms with Gasteiger partial charge in [-0.1, -0.05) is 0 Å². The quantitative estimate of drug-likeness (QED) is 0.596. The van der Waals surface area contributed by atoms with Crippen LogP contribution in [-0.2, 0) is 0 Å². The van der Waals surface area contributed by atoms with Crippen LogP contribution in [0.1, 0.15) is 20.8 Å². The van der Waals surface area contributed by atoms with E-state index in [1.54, 1.807) is 11.2 Å². The second-order valence-corrected chi connectivity index (χ2v) is 4.40. The minimum atomic E-state index is -0.0938. The van der Waals surface area contributed by atoms with Crippen LogP contribution in [-0.4, -0.2) is 33.9 Å². The zero-order valence-electron chi connectivity index (χ0n) is 8.65. The van der Waals surface area contributed by atoms with Gasteiger partial charge < -0.3 is 10.2 Å². The molecule has 0 saturated heterocycles. The van der Waals surface area contributed by atoms with E-state index in [1.165, 1.54) is 0 Å². The molecule has 0 bridgehead atoms. The van der Waals surface area contributed by atoms with Gasteiger partial charge in [-0.15, -0.1) is 0 Å². The largest absolute Gasteiger partial charge is 0.333 e. The van der Waals surface area contributed by atoms with Crippen molar-refractivity contribution in [1.29, 1.82) is 5.41 Å². The van der Waals surface area contributed by atoms with E-state index in [0.29, 0.717) is 5.96 Å². The minimum Gasteiger partial charge on any atom is -0.333 e. The van der Waals surface area contributed by atoms with Gasteiger partial charge in [0.05, 0.1) is 6.34 Å². The van der Waals surface area contributed by atoms with Gasteiger partial charge in [0.2, 0.25) is 12.2 Å². The Morgan fingerprint density at radius 1 is 1.43 bits per heavy atom. The molecule has 2 aliphatic heterocycles. The maximum Gasteiger partial charge on any atom is 0.206 e. The van der Waals surface area contributed by atoms with Crippen LogP contribution in [0.15, 0.2) is 17.4 Å². The molecule has 2 rings (SSSR count). The van der Waals surface area contributed by atoms with Gasteiger partial charge in [-0.2, -0.15) is 0 Å². The molecule has 0 aromatic heterocycles. The van der Waals surface area contributed by atoms with Crippen LogP contribution in [0.5, 0.6) is 0 Å². The predicted molar refractivity (Wildman–Crippen MR) is 55.7 cm³/mol. The Kier molecular flexibility index (Phi) is 1.77. The van der Waals surface area contributed by atoms with E-state index in [4.69, 9.17) is 5.41 Å². The molecule has 1 unspecified atom stereocenters. The molecule has 1 atom stereocenters. The number of nitrogens with zero attached hydrogens (tertiary/aromatic N) is 3. The van der Waals surface area contributed by atoms with Gasteiger partial charge in [0.1, 0.15) is 0 Å². The summed E-state index contributed by atoms with van der Waals surface area (Å²) in [5, 5.41) is 10.4. The Morgan fingerprint density at radius 3 is 2.79 bits per heavy atom. The lowest BCUT2D eigenvalue weighted by atomic mass is 10.1. The molecule has 76 valence electrons. The first kappa shape index (κ1) is 9.05. The van der Waals surface area contributed by atoms with Gasteiger partial charge in [-0.05, 0) is 20.8 Å². The molecule has 0 saturated carbocycles. The summed E-state index contributed by atoms with van der Waals surface area (Å²) in [7, 11) is 0. The Bertz CT molecular complexity index is 312. The number of fused-ring (bicyclic) bond motifs is 1. The Balaban J connectivity index is 2.27. The van der Waals surface area contributed by atoms with Crippen molar-refractivity contribution in [2.45, 2.75) is 32.6 Å². The third-order valence-corrected chi connectivity index (χ3v) is 2.33. The summed E-state index contributed by atoms with van der Waals surface area (Å²) in [6.45, 7) is 6.38. The van der Waals surface area contributed by atoms with Crippen LogP contribution < -0.4 is 5.32 Å². The zero-order chi connectivity index (χ0) is 10.3. The van der Waals surface area contributed by atoms with Crippen LogP contribution in [0.25, 0.3) is 0 Å². The highest BCUT2D eigenvalue weighted by Crippen LogP contribution is 2.26. The maximum atomic E-state index is 7.66. The average Bonchev–Trinajstić information content (AvgIpc) is 2.47. The van der Waals surface area contributed by atoms with Crippen LogP contribution >= 0.6 is 0 Å². The Morgan fingerprint density at radius 2 is 2.14 bits per heavy atom. The third kappa shape index (κ3) is 1.25. The molecule has 0 spiro atoms. The normalized spacial score (nSPS) is 25.4. The lowest BCUT2D eigenvalue weighted by Crippen LogP contribution is -2.53. The highest BCUT2D eigenvalue weighted by molar-refractivity contribution is 5.90. The minimum absolute atomic E-state index is 0.0187. The van der Waals surface area contributed by atoms with E-state index < -0.39 is 0 Å². The zero-order valence-corrected chi connectivity index (χ0v) is 8.65. The van der Waals surface area contributed by atoms with Crippen molar-refractivity contribution in [3.05, 3.63) is 12.4 Å². The molecule has 0 radical (unpaired) electrons. The first-order chi connectivity index (χ1) is 6.50. The molecule has 2 heterocycles. The number of guanidine groups is 1. The van der Waals surface area contributed by atoms with Gasteiger partial charge in [-0.3, -0.25) is 10.3 Å². The van der Waals surface area contributed by atoms with E-state index >= 15 is 0 Å². The molecular formula is C9H15N5. The van der Waals surface area contributed by atoms with Gasteiger partial charge >= 0.3 is 0 Å². The van der Waals surface area contributed by atoms with Gasteiger partial charge in [0.15, 0.2) is 0 Å². The van der Waals surface area contributed by atoms with E-state index in [9.17, 15) is 0 Å². The summed E-state index contributed by atoms with van der Waals surface area (Å²) in [6.07, 6.45) is 5.34. The summed E-state index contributed by atoms with van der Waals surface area (Å²) >= 11 is 0. The van der Waals surface area contributed by atoms with E-state index in [1.807, 2.05) is 12.4 Å². The first-order valence-corrected chi connectivity index (χ1v) is 4.62. The molecule has 0 aromatic carbocycles. The molecule has 0 amide bonds. The monoisotopic (exact) mass is 193 g/mol. The lowest BCUT2D eigenvalue weighted by molar-refractivity contribution is 0.112. The molecule has 0 aromatic rings. The predicted octanol–water partition coefficient (Wildman–Crippen LogP) is 0.724. The average molecular weight is 193 g/mol. The molecule has 5 heteroatoms. The van der Waals surface area contributed by atoms with Crippen molar-refractivity contribution in [1.82, 2.24) is 15.1 Å². The summed E-state index contributed by atoms with van der Waals surface area (Å²) in [5.41, 5.74) is 0.0187. The summed E-state index contributed by atoms with van der Waals surface area (Å²) < 4.78 is 0. The highest BCUT2D eigenvalue weighted by atomic mass is 15.5. The molecule has 0 fully saturated rings. The van der Waals surface area contributed by atoms with Gasteiger partial charge in [0.25, 0.3) is 0 Å². The smallest absolute Gasteiger partial charge is 0.206 e. The summed E-state index contributed by atoms with van der Waals surface area (Å²) in [4.78, 5) is 8.22. The summed E-state index contributed by atoms with van der Waals surface area (Å²) in [6, 6.07) is 0. The van der Waals surface area contributed by atoms with Crippen molar-refractivity contribution in [2.24, 2.45) is 4.99 Å². The van der Waals surface area contributed by atoms with Crippen molar-refractivity contribution < 1.29 is 0 Å². The van der Waals surface area contributed by atoms with Gasteiger partial charge in [0, 0.05) is 17.9 Å². The number of nitrogens with one attached hydrogen (secondary N) is 2. The second kappa shape index (κ2) is 2.73. The van der Waals surface area contributed by atoms with E-state index in [-0.39, 0.29) is 11.8 Å². The highest BCUT2D eigenvalue weighted by Gasteiger charge is 2.36. The molecule has 14 heavy (non-hydrogen) atoms. The van der Waals surface area contributed by atoms with Crippen molar-refractivity contribution in [2.75, 3.05) is 0 Å². The third-order valence-electron chi connectivity index (χ3n) is 2.33. The molecule has 2 aliphatic rings.